The lowest BCUT2D eigenvalue weighted by Gasteiger charge is -2.18. The molecular formula is C10H10F3NO3. The third-order valence-electron chi connectivity index (χ3n) is 2.00. The van der Waals surface area contributed by atoms with Crippen LogP contribution in [0.1, 0.15) is 17.3 Å². The van der Waals surface area contributed by atoms with Crippen LogP contribution >= 0.6 is 0 Å². The molecule has 0 aliphatic heterocycles. The number of aromatic carboxylic acids is 1. The van der Waals surface area contributed by atoms with Gasteiger partial charge in [-0.25, -0.2) is 4.79 Å². The fourth-order valence-electron chi connectivity index (χ4n) is 1.07. The van der Waals surface area contributed by atoms with Gasteiger partial charge in [0, 0.05) is 5.69 Å². The summed E-state index contributed by atoms with van der Waals surface area (Å²) < 4.78 is 41.3. The zero-order valence-electron chi connectivity index (χ0n) is 8.78. The molecule has 0 heterocycles. The molecular weight excluding hydrogens is 239 g/mol. The SMILES string of the molecule is CC(Oc1ccc(N)cc1C(=O)O)C(F)(F)F. The fourth-order valence-corrected chi connectivity index (χ4v) is 1.07. The Labute approximate surface area is 94.8 Å². The van der Waals surface area contributed by atoms with Crippen molar-refractivity contribution >= 4 is 11.7 Å². The van der Waals surface area contributed by atoms with Gasteiger partial charge in [-0.15, -0.1) is 0 Å². The highest BCUT2D eigenvalue weighted by Crippen LogP contribution is 2.28. The molecule has 1 aromatic carbocycles. The van der Waals surface area contributed by atoms with Gasteiger partial charge in [-0.05, 0) is 25.1 Å². The van der Waals surface area contributed by atoms with Crippen molar-refractivity contribution in [2.75, 3.05) is 5.73 Å². The van der Waals surface area contributed by atoms with Crippen molar-refractivity contribution in [3.05, 3.63) is 23.8 Å². The Balaban J connectivity index is 3.03. The van der Waals surface area contributed by atoms with Crippen molar-refractivity contribution in [1.29, 1.82) is 0 Å². The number of benzene rings is 1. The molecule has 0 radical (unpaired) electrons. The third kappa shape index (κ3) is 3.27. The molecule has 1 rings (SSSR count). The van der Waals surface area contributed by atoms with E-state index in [1.54, 1.807) is 0 Å². The number of carbonyl (C=O) groups is 1. The van der Waals surface area contributed by atoms with E-state index in [2.05, 4.69) is 4.74 Å². The van der Waals surface area contributed by atoms with E-state index >= 15 is 0 Å². The number of alkyl halides is 3. The van der Waals surface area contributed by atoms with Gasteiger partial charge in [0.05, 0.1) is 0 Å². The van der Waals surface area contributed by atoms with Crippen molar-refractivity contribution in [2.45, 2.75) is 19.2 Å². The van der Waals surface area contributed by atoms with Gasteiger partial charge in [0.1, 0.15) is 11.3 Å². The number of nitrogen functional groups attached to an aromatic ring is 1. The molecule has 17 heavy (non-hydrogen) atoms. The predicted octanol–water partition coefficient (Wildman–Crippen LogP) is 2.30. The second-order valence-electron chi connectivity index (χ2n) is 3.36. The number of rotatable bonds is 3. The molecule has 0 saturated heterocycles. The van der Waals surface area contributed by atoms with E-state index in [0.717, 1.165) is 19.1 Å². The minimum Gasteiger partial charge on any atom is -0.480 e. The van der Waals surface area contributed by atoms with E-state index in [4.69, 9.17) is 10.8 Å². The molecule has 1 unspecified atom stereocenters. The van der Waals surface area contributed by atoms with Crippen molar-refractivity contribution in [3.8, 4) is 5.75 Å². The Morgan fingerprint density at radius 2 is 2.06 bits per heavy atom. The molecule has 0 amide bonds. The Morgan fingerprint density at radius 3 is 2.53 bits per heavy atom. The zero-order valence-corrected chi connectivity index (χ0v) is 8.78. The van der Waals surface area contributed by atoms with E-state index in [0.29, 0.717) is 0 Å². The quantitative estimate of drug-likeness (QED) is 0.806. The highest BCUT2D eigenvalue weighted by molar-refractivity contribution is 5.92. The summed E-state index contributed by atoms with van der Waals surface area (Å²) in [7, 11) is 0. The van der Waals surface area contributed by atoms with Gasteiger partial charge in [0.2, 0.25) is 0 Å². The lowest BCUT2D eigenvalue weighted by atomic mass is 10.2. The summed E-state index contributed by atoms with van der Waals surface area (Å²) in [4.78, 5) is 10.8. The molecule has 94 valence electrons. The van der Waals surface area contributed by atoms with Crippen LogP contribution in [0.25, 0.3) is 0 Å². The summed E-state index contributed by atoms with van der Waals surface area (Å²) in [6.07, 6.45) is -6.65. The smallest absolute Gasteiger partial charge is 0.425 e. The van der Waals surface area contributed by atoms with E-state index in [9.17, 15) is 18.0 Å². The maximum absolute atomic E-state index is 12.2. The Morgan fingerprint density at radius 1 is 1.47 bits per heavy atom. The maximum Gasteiger partial charge on any atom is 0.425 e. The van der Waals surface area contributed by atoms with Crippen LogP contribution in [-0.4, -0.2) is 23.4 Å². The summed E-state index contributed by atoms with van der Waals surface area (Å²) in [5.74, 6) is -1.77. The van der Waals surface area contributed by atoms with Crippen LogP contribution in [0.15, 0.2) is 18.2 Å². The minimum atomic E-state index is -4.56. The number of hydrogen-bond donors (Lipinski definition) is 2. The second kappa shape index (κ2) is 4.52. The number of carboxylic acid groups (broad SMARTS) is 1. The molecule has 3 N–H and O–H groups in total. The first-order chi connectivity index (χ1) is 7.71. The van der Waals surface area contributed by atoms with Crippen LogP contribution in [0.5, 0.6) is 5.75 Å². The molecule has 7 heteroatoms. The number of nitrogens with two attached hydrogens (primary N) is 1. The standard InChI is InChI=1S/C10H10F3NO3/c1-5(10(11,12)13)17-8-3-2-6(14)4-7(8)9(15)16/h2-5H,14H2,1H3,(H,15,16). The molecule has 0 saturated carbocycles. The fraction of sp³-hybridized carbons (Fsp3) is 0.300. The summed E-state index contributed by atoms with van der Waals surface area (Å²) in [6, 6.07) is 3.41. The summed E-state index contributed by atoms with van der Waals surface area (Å²) >= 11 is 0. The molecule has 4 nitrogen and oxygen atoms in total. The highest BCUT2D eigenvalue weighted by Gasteiger charge is 2.38. The first kappa shape index (κ1) is 13.1. The van der Waals surface area contributed by atoms with Gasteiger partial charge in [0.15, 0.2) is 6.10 Å². The third-order valence-corrected chi connectivity index (χ3v) is 2.00. The predicted molar refractivity (Wildman–Crippen MR) is 54.0 cm³/mol. The minimum absolute atomic E-state index is 0.134. The highest BCUT2D eigenvalue weighted by atomic mass is 19.4. The molecule has 0 bridgehead atoms. The Hall–Kier alpha value is -1.92. The molecule has 0 fully saturated rings. The number of halogens is 3. The lowest BCUT2D eigenvalue weighted by Crippen LogP contribution is -2.31. The van der Waals surface area contributed by atoms with Gasteiger partial charge in [-0.2, -0.15) is 13.2 Å². The number of hydrogen-bond acceptors (Lipinski definition) is 3. The van der Waals surface area contributed by atoms with Crippen molar-refractivity contribution in [1.82, 2.24) is 0 Å². The average Bonchev–Trinajstić information content (AvgIpc) is 2.18. The number of anilines is 1. The van der Waals surface area contributed by atoms with Crippen LogP contribution in [0.2, 0.25) is 0 Å². The van der Waals surface area contributed by atoms with Crippen LogP contribution in [0.4, 0.5) is 18.9 Å². The number of carboxylic acids is 1. The van der Waals surface area contributed by atoms with E-state index in [1.165, 1.54) is 6.07 Å². The summed E-state index contributed by atoms with van der Waals surface area (Å²) in [6.45, 7) is 0.794. The second-order valence-corrected chi connectivity index (χ2v) is 3.36. The Kier molecular flexibility index (Phi) is 3.50. The summed E-state index contributed by atoms with van der Waals surface area (Å²) in [5.41, 5.74) is 5.07. The van der Waals surface area contributed by atoms with Crippen LogP contribution in [-0.2, 0) is 0 Å². The lowest BCUT2D eigenvalue weighted by molar-refractivity contribution is -0.189. The monoisotopic (exact) mass is 249 g/mol. The average molecular weight is 249 g/mol. The van der Waals surface area contributed by atoms with Crippen molar-refractivity contribution in [2.24, 2.45) is 0 Å². The largest absolute Gasteiger partial charge is 0.480 e. The molecule has 0 spiro atoms. The van der Waals surface area contributed by atoms with E-state index in [1.807, 2.05) is 0 Å². The van der Waals surface area contributed by atoms with Gasteiger partial charge in [-0.3, -0.25) is 0 Å². The molecule has 0 aliphatic rings. The molecule has 0 aliphatic carbocycles. The first-order valence-electron chi connectivity index (χ1n) is 4.58. The van der Waals surface area contributed by atoms with E-state index < -0.39 is 23.8 Å². The van der Waals surface area contributed by atoms with Crippen LogP contribution in [0, 0.1) is 0 Å². The maximum atomic E-state index is 12.2. The topological polar surface area (TPSA) is 72.5 Å². The normalized spacial score (nSPS) is 13.2. The van der Waals surface area contributed by atoms with Crippen molar-refractivity contribution in [3.63, 3.8) is 0 Å². The van der Waals surface area contributed by atoms with Crippen LogP contribution in [0.3, 0.4) is 0 Å². The number of ether oxygens (including phenoxy) is 1. The van der Waals surface area contributed by atoms with Gasteiger partial charge in [0.25, 0.3) is 0 Å². The van der Waals surface area contributed by atoms with Gasteiger partial charge >= 0.3 is 12.1 Å². The molecule has 0 aromatic heterocycles. The Bertz CT molecular complexity index is 431. The zero-order chi connectivity index (χ0) is 13.2. The summed E-state index contributed by atoms with van der Waals surface area (Å²) in [5, 5.41) is 8.79. The van der Waals surface area contributed by atoms with E-state index in [-0.39, 0.29) is 11.4 Å². The first-order valence-corrected chi connectivity index (χ1v) is 4.58. The molecule has 1 aromatic rings. The van der Waals surface area contributed by atoms with Gasteiger partial charge in [-0.1, -0.05) is 0 Å². The van der Waals surface area contributed by atoms with Crippen molar-refractivity contribution < 1.29 is 27.8 Å². The van der Waals surface area contributed by atoms with Gasteiger partial charge < -0.3 is 15.6 Å². The van der Waals surface area contributed by atoms with Crippen LogP contribution < -0.4 is 10.5 Å². The molecule has 1 atom stereocenters.